The van der Waals surface area contributed by atoms with Crippen LogP contribution in [0, 0.1) is 0 Å². The van der Waals surface area contributed by atoms with Crippen molar-refractivity contribution in [2.75, 3.05) is 27.3 Å². The van der Waals surface area contributed by atoms with Crippen molar-refractivity contribution >= 4 is 22.7 Å². The van der Waals surface area contributed by atoms with E-state index in [1.807, 2.05) is 36.4 Å². The number of unbranched alkanes of at least 4 members (excludes halogenated alkanes) is 3. The largest absolute Gasteiger partial charge is 0.497 e. The van der Waals surface area contributed by atoms with Gasteiger partial charge in [0.1, 0.15) is 23.6 Å². The lowest BCUT2D eigenvalue weighted by Gasteiger charge is -2.47. The molecule has 3 aromatic rings. The molecule has 0 aliphatic carbocycles. The second-order valence-electron chi connectivity index (χ2n) is 9.41. The molecule has 1 N–H and O–H groups in total. The number of benzene rings is 2. The van der Waals surface area contributed by atoms with E-state index in [-0.39, 0.29) is 18.4 Å². The molecule has 2 aliphatic heterocycles. The maximum Gasteiger partial charge on any atom is 0.246 e. The first kappa shape index (κ1) is 23.3. The number of aromatic nitrogens is 1. The summed E-state index contributed by atoms with van der Waals surface area (Å²) < 4.78 is 11.1. The van der Waals surface area contributed by atoms with Gasteiger partial charge in [-0.2, -0.15) is 0 Å². The molecular formula is C28H33N3O4. The number of nitrogens with zero attached hydrogens (tertiary/aromatic N) is 2. The van der Waals surface area contributed by atoms with E-state index >= 15 is 0 Å². The number of nitrogens with one attached hydrogen (secondary N) is 1. The Morgan fingerprint density at radius 1 is 1.03 bits per heavy atom. The highest BCUT2D eigenvalue weighted by Gasteiger charge is 2.48. The lowest BCUT2D eigenvalue weighted by atomic mass is 9.85. The molecule has 0 bridgehead atoms. The van der Waals surface area contributed by atoms with Gasteiger partial charge in [0.05, 0.1) is 20.8 Å². The van der Waals surface area contributed by atoms with Crippen molar-refractivity contribution in [2.45, 2.75) is 51.1 Å². The first-order valence-electron chi connectivity index (χ1n) is 12.5. The van der Waals surface area contributed by atoms with Gasteiger partial charge >= 0.3 is 0 Å². The maximum atomic E-state index is 13.7. The number of aromatic amines is 1. The number of piperazine rings is 1. The van der Waals surface area contributed by atoms with Crippen molar-refractivity contribution in [1.29, 1.82) is 0 Å². The number of carbonyl (C=O) groups is 2. The summed E-state index contributed by atoms with van der Waals surface area (Å²) in [5.74, 6) is 1.31. The third kappa shape index (κ3) is 4.03. The number of rotatable bonds is 8. The molecule has 1 fully saturated rings. The Morgan fingerprint density at radius 2 is 1.86 bits per heavy atom. The van der Waals surface area contributed by atoms with Gasteiger partial charge in [-0.25, -0.2) is 0 Å². The van der Waals surface area contributed by atoms with Crippen LogP contribution in [-0.4, -0.2) is 59.9 Å². The smallest absolute Gasteiger partial charge is 0.246 e. The normalized spacial score (nSPS) is 19.6. The molecule has 1 aromatic heterocycles. The first-order chi connectivity index (χ1) is 17.1. The van der Waals surface area contributed by atoms with E-state index in [0.717, 1.165) is 53.4 Å². The molecular weight excluding hydrogens is 442 g/mol. The zero-order chi connectivity index (χ0) is 24.5. The van der Waals surface area contributed by atoms with Crippen LogP contribution in [0.15, 0.2) is 42.5 Å². The van der Waals surface area contributed by atoms with Crippen LogP contribution in [0.4, 0.5) is 0 Å². The summed E-state index contributed by atoms with van der Waals surface area (Å²) in [6.45, 7) is 2.92. The number of fused-ring (bicyclic) bond motifs is 4. The number of ether oxygens (including phenoxy) is 2. The van der Waals surface area contributed by atoms with Crippen molar-refractivity contribution in [3.63, 3.8) is 0 Å². The molecule has 2 atom stereocenters. The fourth-order valence-electron chi connectivity index (χ4n) is 5.61. The predicted molar refractivity (Wildman–Crippen MR) is 135 cm³/mol. The fourth-order valence-corrected chi connectivity index (χ4v) is 5.61. The lowest BCUT2D eigenvalue weighted by Crippen LogP contribution is -2.63. The number of amides is 2. The molecule has 35 heavy (non-hydrogen) atoms. The average Bonchev–Trinajstić information content (AvgIpc) is 3.26. The minimum atomic E-state index is -0.536. The third-order valence-electron chi connectivity index (χ3n) is 7.36. The van der Waals surface area contributed by atoms with E-state index in [1.165, 1.54) is 0 Å². The SMILES string of the molecule is CCCCCCN1CC(=O)N2C(c3ccc(OC)cc3OC)c3[nH]c4ccccc4c3C[C@H]2C1=O. The molecule has 0 saturated carbocycles. The highest BCUT2D eigenvalue weighted by Crippen LogP contribution is 2.45. The highest BCUT2D eigenvalue weighted by molar-refractivity contribution is 5.97. The van der Waals surface area contributed by atoms with Gasteiger partial charge in [-0.05, 0) is 30.2 Å². The lowest BCUT2D eigenvalue weighted by molar-refractivity contribution is -0.158. The Hall–Kier alpha value is -3.48. The van der Waals surface area contributed by atoms with Gasteiger partial charge in [-0.15, -0.1) is 0 Å². The number of para-hydroxylation sites is 1. The molecule has 5 rings (SSSR count). The van der Waals surface area contributed by atoms with E-state index in [9.17, 15) is 9.59 Å². The van der Waals surface area contributed by atoms with Gasteiger partial charge < -0.3 is 24.3 Å². The van der Waals surface area contributed by atoms with Crippen LogP contribution in [0.25, 0.3) is 10.9 Å². The highest BCUT2D eigenvalue weighted by atomic mass is 16.5. The zero-order valence-electron chi connectivity index (χ0n) is 20.7. The van der Waals surface area contributed by atoms with E-state index in [0.29, 0.717) is 24.5 Å². The first-order valence-corrected chi connectivity index (χ1v) is 12.5. The van der Waals surface area contributed by atoms with Crippen molar-refractivity contribution in [2.24, 2.45) is 0 Å². The monoisotopic (exact) mass is 475 g/mol. The molecule has 2 aliphatic rings. The van der Waals surface area contributed by atoms with Crippen molar-refractivity contribution in [1.82, 2.24) is 14.8 Å². The Kier molecular flexibility index (Phi) is 6.41. The molecule has 0 radical (unpaired) electrons. The molecule has 2 aromatic carbocycles. The number of H-pyrrole nitrogens is 1. The number of methoxy groups -OCH3 is 2. The zero-order valence-corrected chi connectivity index (χ0v) is 20.7. The summed E-state index contributed by atoms with van der Waals surface area (Å²) in [4.78, 5) is 34.5. The molecule has 1 unspecified atom stereocenters. The Balaban J connectivity index is 1.60. The topological polar surface area (TPSA) is 74.9 Å². The Morgan fingerprint density at radius 3 is 2.63 bits per heavy atom. The van der Waals surface area contributed by atoms with E-state index in [1.54, 1.807) is 24.0 Å². The van der Waals surface area contributed by atoms with Gasteiger partial charge in [0.15, 0.2) is 0 Å². The van der Waals surface area contributed by atoms with Crippen LogP contribution in [-0.2, 0) is 16.0 Å². The summed E-state index contributed by atoms with van der Waals surface area (Å²) in [6.07, 6.45) is 4.78. The number of hydrogen-bond donors (Lipinski definition) is 1. The predicted octanol–water partition coefficient (Wildman–Crippen LogP) is 4.45. The van der Waals surface area contributed by atoms with Crippen molar-refractivity contribution in [3.05, 3.63) is 59.3 Å². The van der Waals surface area contributed by atoms with E-state index in [2.05, 4.69) is 18.0 Å². The minimum absolute atomic E-state index is 0.0303. The number of hydrogen-bond acceptors (Lipinski definition) is 4. The van der Waals surface area contributed by atoms with Crippen LogP contribution in [0.1, 0.15) is 55.5 Å². The third-order valence-corrected chi connectivity index (χ3v) is 7.36. The maximum absolute atomic E-state index is 13.7. The molecule has 3 heterocycles. The average molecular weight is 476 g/mol. The van der Waals surface area contributed by atoms with Crippen LogP contribution in [0.2, 0.25) is 0 Å². The molecule has 0 spiro atoms. The summed E-state index contributed by atoms with van der Waals surface area (Å²) in [5.41, 5.74) is 3.89. The Labute approximate surface area is 206 Å². The summed E-state index contributed by atoms with van der Waals surface area (Å²) >= 11 is 0. The minimum Gasteiger partial charge on any atom is -0.497 e. The summed E-state index contributed by atoms with van der Waals surface area (Å²) in [5, 5.41) is 1.10. The molecule has 2 amide bonds. The molecule has 7 heteroatoms. The fraction of sp³-hybridized carbons (Fsp3) is 0.429. The second kappa shape index (κ2) is 9.64. The molecule has 1 saturated heterocycles. The standard InChI is InChI=1S/C28H33N3O4/c1-4-5-6-9-14-30-17-25(32)31-23(28(30)33)16-21-19-10-7-8-11-22(19)29-26(21)27(31)20-13-12-18(34-2)15-24(20)35-3/h7-8,10-13,15,23,27,29H,4-6,9,14,16-17H2,1-3H3/t23-,27?/m0/s1. The molecule has 184 valence electrons. The number of carbonyl (C=O) groups excluding carboxylic acids is 2. The van der Waals surface area contributed by atoms with E-state index < -0.39 is 12.1 Å². The quantitative estimate of drug-likeness (QED) is 0.489. The van der Waals surface area contributed by atoms with Gasteiger partial charge in [-0.3, -0.25) is 9.59 Å². The summed E-state index contributed by atoms with van der Waals surface area (Å²) in [7, 11) is 3.23. The van der Waals surface area contributed by atoms with Crippen LogP contribution < -0.4 is 9.47 Å². The second-order valence-corrected chi connectivity index (χ2v) is 9.41. The van der Waals surface area contributed by atoms with Crippen LogP contribution in [0.3, 0.4) is 0 Å². The van der Waals surface area contributed by atoms with Crippen LogP contribution in [0.5, 0.6) is 11.5 Å². The summed E-state index contributed by atoms with van der Waals surface area (Å²) in [6, 6.07) is 12.8. The van der Waals surface area contributed by atoms with Crippen LogP contribution >= 0.6 is 0 Å². The van der Waals surface area contributed by atoms with Crippen molar-refractivity contribution < 1.29 is 19.1 Å². The Bertz CT molecular complexity index is 1250. The van der Waals surface area contributed by atoms with Gasteiger partial charge in [0, 0.05) is 41.2 Å². The van der Waals surface area contributed by atoms with Gasteiger partial charge in [-0.1, -0.05) is 44.4 Å². The van der Waals surface area contributed by atoms with Gasteiger partial charge in [0.2, 0.25) is 11.8 Å². The van der Waals surface area contributed by atoms with Crippen molar-refractivity contribution in [3.8, 4) is 11.5 Å². The van der Waals surface area contributed by atoms with Gasteiger partial charge in [0.25, 0.3) is 0 Å². The van der Waals surface area contributed by atoms with E-state index in [4.69, 9.17) is 9.47 Å². The molecule has 7 nitrogen and oxygen atoms in total.